The molecule has 0 spiro atoms. The maximum absolute atomic E-state index is 12.6. The van der Waals surface area contributed by atoms with Crippen LogP contribution in [0, 0.1) is 0 Å². The zero-order valence-corrected chi connectivity index (χ0v) is 34.5. The Morgan fingerprint density at radius 2 is 0.830 bits per heavy atom. The third-order valence-corrected chi connectivity index (χ3v) is 9.01. The van der Waals surface area contributed by atoms with Gasteiger partial charge in [-0.15, -0.1) is 0 Å². The van der Waals surface area contributed by atoms with Crippen molar-refractivity contribution >= 4 is 17.9 Å². The zero-order valence-electron chi connectivity index (χ0n) is 34.5. The van der Waals surface area contributed by atoms with Crippen LogP contribution in [0.1, 0.15) is 201 Å². The lowest BCUT2D eigenvalue weighted by Gasteiger charge is -2.18. The average molecular weight is 741 g/mol. The first-order valence-corrected chi connectivity index (χ1v) is 21.8. The Bertz CT molecular complexity index is 991. The van der Waals surface area contributed by atoms with Crippen LogP contribution in [0.4, 0.5) is 0 Å². The number of allylic oxidation sites excluding steroid dienone is 9. The summed E-state index contributed by atoms with van der Waals surface area (Å²) in [6, 6.07) is 0. The summed E-state index contributed by atoms with van der Waals surface area (Å²) in [5, 5.41) is 0. The van der Waals surface area contributed by atoms with Crippen molar-refractivity contribution in [1.29, 1.82) is 0 Å². The summed E-state index contributed by atoms with van der Waals surface area (Å²) in [5.74, 6) is -1.07. The molecule has 0 bridgehead atoms. The smallest absolute Gasteiger partial charge is 0.309 e. The SMILES string of the molecule is CC/C=C\C/C=C\C/C=C\CC(=O)OCC(COC(=O)CCCCCCC/C=C\CCCCCCCCC)OC(=O)CCCCCC/C=C\CCCC. The summed E-state index contributed by atoms with van der Waals surface area (Å²) in [5.41, 5.74) is 0. The Kier molecular flexibility index (Phi) is 39.6. The Balaban J connectivity index is 4.41. The molecule has 0 saturated carbocycles. The molecule has 0 aliphatic heterocycles. The molecule has 0 aromatic carbocycles. The van der Waals surface area contributed by atoms with Gasteiger partial charge in [-0.25, -0.2) is 0 Å². The number of carbonyl (C=O) groups excluding carboxylic acids is 3. The van der Waals surface area contributed by atoms with E-state index >= 15 is 0 Å². The van der Waals surface area contributed by atoms with Gasteiger partial charge in [0.2, 0.25) is 0 Å². The quantitative estimate of drug-likeness (QED) is 0.0271. The van der Waals surface area contributed by atoms with Crippen molar-refractivity contribution in [3.05, 3.63) is 60.8 Å². The van der Waals surface area contributed by atoms with E-state index in [1.807, 2.05) is 6.08 Å². The van der Waals surface area contributed by atoms with Gasteiger partial charge in [0, 0.05) is 12.8 Å². The van der Waals surface area contributed by atoms with E-state index in [1.165, 1.54) is 77.0 Å². The number of rotatable bonds is 38. The lowest BCUT2D eigenvalue weighted by molar-refractivity contribution is -0.166. The number of hydrogen-bond acceptors (Lipinski definition) is 6. The summed E-state index contributed by atoms with van der Waals surface area (Å²) in [7, 11) is 0. The number of carbonyl (C=O) groups is 3. The second-order valence-corrected chi connectivity index (χ2v) is 14.2. The Labute approximate surface area is 326 Å². The molecule has 0 heterocycles. The average Bonchev–Trinajstić information content (AvgIpc) is 3.15. The fraction of sp³-hybridized carbons (Fsp3) is 0.723. The molecule has 0 aromatic heterocycles. The highest BCUT2D eigenvalue weighted by atomic mass is 16.6. The molecule has 0 radical (unpaired) electrons. The van der Waals surface area contributed by atoms with Gasteiger partial charge >= 0.3 is 17.9 Å². The van der Waals surface area contributed by atoms with Crippen molar-refractivity contribution < 1.29 is 28.6 Å². The van der Waals surface area contributed by atoms with E-state index in [0.29, 0.717) is 12.8 Å². The summed E-state index contributed by atoms with van der Waals surface area (Å²) in [6.07, 6.45) is 49.6. The first-order valence-electron chi connectivity index (χ1n) is 21.8. The standard InChI is InChI=1S/C47H80O6/c1-4-7-10-13-16-19-21-22-23-24-25-26-29-31-34-37-40-46(49)52-43-44(42-51-45(48)39-36-33-30-27-18-15-12-9-6-3)53-47(50)41-38-35-32-28-20-17-14-11-8-5-2/h9,12,14,17-18,23-24,27,33,36,44H,4-8,10-11,13,15-16,19-22,25-26,28-32,34-35,37-43H2,1-3H3/b12-9-,17-14-,24-23-,27-18-,36-33-. The molecule has 0 saturated heterocycles. The van der Waals surface area contributed by atoms with Crippen LogP contribution in [0.25, 0.3) is 0 Å². The first-order chi connectivity index (χ1) is 26.0. The molecule has 1 atom stereocenters. The van der Waals surface area contributed by atoms with E-state index in [9.17, 15) is 14.4 Å². The molecular weight excluding hydrogens is 661 g/mol. The predicted octanol–water partition coefficient (Wildman–Crippen LogP) is 13.7. The van der Waals surface area contributed by atoms with E-state index in [2.05, 4.69) is 69.4 Å². The lowest BCUT2D eigenvalue weighted by atomic mass is 10.1. The fourth-order valence-corrected chi connectivity index (χ4v) is 5.71. The highest BCUT2D eigenvalue weighted by Gasteiger charge is 2.19. The minimum atomic E-state index is -0.814. The van der Waals surface area contributed by atoms with Crippen molar-refractivity contribution in [3.8, 4) is 0 Å². The monoisotopic (exact) mass is 741 g/mol. The summed E-state index contributed by atoms with van der Waals surface area (Å²) in [4.78, 5) is 37.5. The maximum atomic E-state index is 12.6. The second-order valence-electron chi connectivity index (χ2n) is 14.2. The van der Waals surface area contributed by atoms with Crippen molar-refractivity contribution in [2.24, 2.45) is 0 Å². The minimum absolute atomic E-state index is 0.111. The maximum Gasteiger partial charge on any atom is 0.309 e. The van der Waals surface area contributed by atoms with Crippen LogP contribution in [0.2, 0.25) is 0 Å². The topological polar surface area (TPSA) is 78.9 Å². The van der Waals surface area contributed by atoms with E-state index < -0.39 is 12.1 Å². The van der Waals surface area contributed by atoms with E-state index in [4.69, 9.17) is 14.2 Å². The summed E-state index contributed by atoms with van der Waals surface area (Å²) in [6.45, 7) is 6.33. The largest absolute Gasteiger partial charge is 0.462 e. The number of ether oxygens (including phenoxy) is 3. The van der Waals surface area contributed by atoms with Crippen LogP contribution < -0.4 is 0 Å². The van der Waals surface area contributed by atoms with E-state index in [0.717, 1.165) is 83.5 Å². The predicted molar refractivity (Wildman–Crippen MR) is 224 cm³/mol. The van der Waals surface area contributed by atoms with Gasteiger partial charge in [0.15, 0.2) is 6.10 Å². The molecule has 0 amide bonds. The highest BCUT2D eigenvalue weighted by molar-refractivity contribution is 5.72. The number of unbranched alkanes of at least 4 members (excludes halogenated alkanes) is 18. The molecule has 0 aliphatic rings. The van der Waals surface area contributed by atoms with Gasteiger partial charge in [-0.3, -0.25) is 14.4 Å². The molecule has 304 valence electrons. The van der Waals surface area contributed by atoms with E-state index in [1.54, 1.807) is 6.08 Å². The molecule has 0 aromatic rings. The van der Waals surface area contributed by atoms with E-state index in [-0.39, 0.29) is 31.6 Å². The van der Waals surface area contributed by atoms with Crippen LogP contribution in [0.15, 0.2) is 60.8 Å². The van der Waals surface area contributed by atoms with Crippen LogP contribution in [0.5, 0.6) is 0 Å². The number of hydrogen-bond donors (Lipinski definition) is 0. The van der Waals surface area contributed by atoms with Gasteiger partial charge in [-0.1, -0.05) is 165 Å². The molecular formula is C47H80O6. The van der Waals surface area contributed by atoms with Crippen molar-refractivity contribution in [2.45, 2.75) is 207 Å². The second kappa shape index (κ2) is 41.9. The normalized spacial score (nSPS) is 12.6. The molecule has 6 heteroatoms. The minimum Gasteiger partial charge on any atom is -0.462 e. The molecule has 0 aliphatic carbocycles. The fourth-order valence-electron chi connectivity index (χ4n) is 5.71. The van der Waals surface area contributed by atoms with Crippen LogP contribution in [0.3, 0.4) is 0 Å². The molecule has 0 fully saturated rings. The molecule has 1 unspecified atom stereocenters. The van der Waals surface area contributed by atoms with Crippen molar-refractivity contribution in [3.63, 3.8) is 0 Å². The van der Waals surface area contributed by atoms with Gasteiger partial charge in [0.25, 0.3) is 0 Å². The van der Waals surface area contributed by atoms with Crippen LogP contribution in [-0.2, 0) is 28.6 Å². The third-order valence-electron chi connectivity index (χ3n) is 9.01. The van der Waals surface area contributed by atoms with Gasteiger partial charge < -0.3 is 14.2 Å². The van der Waals surface area contributed by atoms with Gasteiger partial charge in [0.05, 0.1) is 6.42 Å². The molecule has 0 rings (SSSR count). The Morgan fingerprint density at radius 3 is 1.36 bits per heavy atom. The third kappa shape index (κ3) is 40.1. The Morgan fingerprint density at radius 1 is 0.415 bits per heavy atom. The Hall–Kier alpha value is -2.89. The van der Waals surface area contributed by atoms with Crippen molar-refractivity contribution in [1.82, 2.24) is 0 Å². The molecule has 0 N–H and O–H groups in total. The van der Waals surface area contributed by atoms with Gasteiger partial charge in [0.1, 0.15) is 13.2 Å². The van der Waals surface area contributed by atoms with Gasteiger partial charge in [-0.05, 0) is 77.0 Å². The van der Waals surface area contributed by atoms with Crippen molar-refractivity contribution in [2.75, 3.05) is 13.2 Å². The molecule has 53 heavy (non-hydrogen) atoms. The summed E-state index contributed by atoms with van der Waals surface area (Å²) < 4.78 is 16.5. The van der Waals surface area contributed by atoms with Crippen LogP contribution in [-0.4, -0.2) is 37.2 Å². The van der Waals surface area contributed by atoms with Crippen LogP contribution >= 0.6 is 0 Å². The zero-order chi connectivity index (χ0) is 38.7. The molecule has 6 nitrogen and oxygen atoms in total. The van der Waals surface area contributed by atoms with Gasteiger partial charge in [-0.2, -0.15) is 0 Å². The summed E-state index contributed by atoms with van der Waals surface area (Å²) >= 11 is 0. The lowest BCUT2D eigenvalue weighted by Crippen LogP contribution is -2.30. The highest BCUT2D eigenvalue weighted by Crippen LogP contribution is 2.12. The first kappa shape index (κ1) is 50.1. The number of esters is 3.